The Morgan fingerprint density at radius 3 is 2.94 bits per heavy atom. The third-order valence-corrected chi connectivity index (χ3v) is 4.16. The molecule has 1 aromatic heterocycles. The highest BCUT2D eigenvalue weighted by Crippen LogP contribution is 2.41. The Kier molecular flexibility index (Phi) is 3.73. The molecular formula is C14H23N3O. The lowest BCUT2D eigenvalue weighted by Crippen LogP contribution is -2.41. The third-order valence-electron chi connectivity index (χ3n) is 4.16. The zero-order valence-electron chi connectivity index (χ0n) is 11.6. The number of amides is 1. The average molecular weight is 249 g/mol. The van der Waals surface area contributed by atoms with Crippen molar-refractivity contribution in [3.63, 3.8) is 0 Å². The van der Waals surface area contributed by atoms with E-state index in [9.17, 15) is 4.79 Å². The number of aromatic amines is 1. The van der Waals surface area contributed by atoms with Gasteiger partial charge in [-0.1, -0.05) is 26.7 Å². The molecule has 100 valence electrons. The highest BCUT2D eigenvalue weighted by molar-refractivity contribution is 5.79. The van der Waals surface area contributed by atoms with Gasteiger partial charge in [0.2, 0.25) is 5.91 Å². The second kappa shape index (κ2) is 5.12. The van der Waals surface area contributed by atoms with Gasteiger partial charge in [0.15, 0.2) is 0 Å². The Hall–Kier alpha value is -1.32. The fourth-order valence-electron chi connectivity index (χ4n) is 2.93. The molecular weight excluding hydrogens is 226 g/mol. The molecule has 1 N–H and O–H groups in total. The molecule has 0 saturated heterocycles. The lowest BCUT2D eigenvalue weighted by molar-refractivity contribution is -0.140. The predicted molar refractivity (Wildman–Crippen MR) is 70.8 cm³/mol. The van der Waals surface area contributed by atoms with Crippen molar-refractivity contribution in [1.29, 1.82) is 0 Å². The number of hydrogen-bond acceptors (Lipinski definition) is 2. The third kappa shape index (κ3) is 2.74. The maximum absolute atomic E-state index is 12.5. The minimum absolute atomic E-state index is 0.139. The van der Waals surface area contributed by atoms with Crippen molar-refractivity contribution in [2.75, 3.05) is 7.05 Å². The van der Waals surface area contributed by atoms with E-state index in [0.29, 0.717) is 6.54 Å². The summed E-state index contributed by atoms with van der Waals surface area (Å²) in [5.74, 6) is 0.448. The van der Waals surface area contributed by atoms with Crippen molar-refractivity contribution < 1.29 is 4.79 Å². The summed E-state index contributed by atoms with van der Waals surface area (Å²) in [5.41, 5.74) is 1.19. The van der Waals surface area contributed by atoms with Crippen LogP contribution < -0.4 is 0 Å². The molecule has 0 radical (unpaired) electrons. The SMILES string of the molecule is CN(Cc1cn[nH]c1)C(=O)C1CCCCC1(C)C. The second-order valence-electron chi connectivity index (χ2n) is 6.09. The molecule has 1 fully saturated rings. The van der Waals surface area contributed by atoms with Crippen LogP contribution in [0.1, 0.15) is 45.1 Å². The van der Waals surface area contributed by atoms with Crippen LogP contribution in [0.4, 0.5) is 0 Å². The van der Waals surface area contributed by atoms with Crippen LogP contribution in [0, 0.1) is 11.3 Å². The summed E-state index contributed by atoms with van der Waals surface area (Å²) in [6.07, 6.45) is 8.23. The Balaban J connectivity index is 2.01. The maximum atomic E-state index is 12.5. The normalized spacial score (nSPS) is 22.7. The first-order chi connectivity index (χ1) is 8.50. The number of carbonyl (C=O) groups is 1. The molecule has 0 aliphatic heterocycles. The van der Waals surface area contributed by atoms with Gasteiger partial charge in [-0.2, -0.15) is 5.10 Å². The van der Waals surface area contributed by atoms with E-state index >= 15 is 0 Å². The van der Waals surface area contributed by atoms with Crippen molar-refractivity contribution in [1.82, 2.24) is 15.1 Å². The van der Waals surface area contributed by atoms with Crippen LogP contribution in [0.3, 0.4) is 0 Å². The smallest absolute Gasteiger partial charge is 0.226 e. The molecule has 1 aliphatic carbocycles. The summed E-state index contributed by atoms with van der Waals surface area (Å²) in [6, 6.07) is 0. The van der Waals surface area contributed by atoms with Crippen LogP contribution in [-0.4, -0.2) is 28.1 Å². The molecule has 1 aliphatic rings. The zero-order valence-corrected chi connectivity index (χ0v) is 11.6. The first-order valence-corrected chi connectivity index (χ1v) is 6.73. The maximum Gasteiger partial charge on any atom is 0.226 e. The van der Waals surface area contributed by atoms with Crippen molar-refractivity contribution >= 4 is 5.91 Å². The van der Waals surface area contributed by atoms with Gasteiger partial charge in [0.05, 0.1) is 6.20 Å². The lowest BCUT2D eigenvalue weighted by Gasteiger charge is -2.39. The minimum atomic E-state index is 0.139. The predicted octanol–water partition coefficient (Wildman–Crippen LogP) is 2.58. The lowest BCUT2D eigenvalue weighted by atomic mass is 9.68. The number of nitrogens with zero attached hydrogens (tertiary/aromatic N) is 2. The summed E-state index contributed by atoms with van der Waals surface area (Å²) in [4.78, 5) is 14.4. The number of H-pyrrole nitrogens is 1. The van der Waals surface area contributed by atoms with E-state index in [1.54, 1.807) is 6.20 Å². The highest BCUT2D eigenvalue weighted by Gasteiger charge is 2.38. The monoisotopic (exact) mass is 249 g/mol. The fourth-order valence-corrected chi connectivity index (χ4v) is 2.93. The molecule has 0 aromatic carbocycles. The number of carbonyl (C=O) groups excluding carboxylic acids is 1. The molecule has 1 amide bonds. The standard InChI is InChI=1S/C14H23N3O/c1-14(2)7-5-4-6-12(14)13(18)17(3)10-11-8-15-16-9-11/h8-9,12H,4-7,10H2,1-3H3,(H,15,16). The van der Waals surface area contributed by atoms with Gasteiger partial charge in [-0.25, -0.2) is 0 Å². The van der Waals surface area contributed by atoms with Crippen molar-refractivity contribution in [3.05, 3.63) is 18.0 Å². The number of rotatable bonds is 3. The molecule has 1 atom stereocenters. The summed E-state index contributed by atoms with van der Waals surface area (Å²) >= 11 is 0. The van der Waals surface area contributed by atoms with Gasteiger partial charge in [-0.15, -0.1) is 0 Å². The molecule has 0 bridgehead atoms. The van der Waals surface area contributed by atoms with Crippen molar-refractivity contribution in [3.8, 4) is 0 Å². The first kappa shape index (κ1) is 13.1. The van der Waals surface area contributed by atoms with E-state index in [0.717, 1.165) is 18.4 Å². The molecule has 4 nitrogen and oxygen atoms in total. The van der Waals surface area contributed by atoms with E-state index in [1.165, 1.54) is 12.8 Å². The zero-order chi connectivity index (χ0) is 13.2. The molecule has 2 rings (SSSR count). The highest BCUT2D eigenvalue weighted by atomic mass is 16.2. The second-order valence-corrected chi connectivity index (χ2v) is 6.09. The quantitative estimate of drug-likeness (QED) is 0.895. The Labute approximate surface area is 109 Å². The largest absolute Gasteiger partial charge is 0.341 e. The molecule has 1 heterocycles. The first-order valence-electron chi connectivity index (χ1n) is 6.73. The molecule has 0 spiro atoms. The molecule has 1 aromatic rings. The Morgan fingerprint density at radius 1 is 1.56 bits per heavy atom. The number of hydrogen-bond donors (Lipinski definition) is 1. The number of nitrogens with one attached hydrogen (secondary N) is 1. The van der Waals surface area contributed by atoms with Crippen LogP contribution in [-0.2, 0) is 11.3 Å². The van der Waals surface area contributed by atoms with Gasteiger partial charge in [0.1, 0.15) is 0 Å². The topological polar surface area (TPSA) is 49.0 Å². The Morgan fingerprint density at radius 2 is 2.33 bits per heavy atom. The summed E-state index contributed by atoms with van der Waals surface area (Å²) in [6.45, 7) is 5.09. The van der Waals surface area contributed by atoms with Crippen LogP contribution in [0.5, 0.6) is 0 Å². The molecule has 4 heteroatoms. The van der Waals surface area contributed by atoms with E-state index in [4.69, 9.17) is 0 Å². The van der Waals surface area contributed by atoms with Crippen LogP contribution in [0.25, 0.3) is 0 Å². The Bertz CT molecular complexity index is 397. The van der Waals surface area contributed by atoms with E-state index in [2.05, 4.69) is 24.0 Å². The van der Waals surface area contributed by atoms with Crippen LogP contribution in [0.2, 0.25) is 0 Å². The van der Waals surface area contributed by atoms with E-state index in [1.807, 2.05) is 18.1 Å². The van der Waals surface area contributed by atoms with Gasteiger partial charge < -0.3 is 4.90 Å². The van der Waals surface area contributed by atoms with Crippen LogP contribution in [0.15, 0.2) is 12.4 Å². The van der Waals surface area contributed by atoms with Gasteiger partial charge >= 0.3 is 0 Å². The van der Waals surface area contributed by atoms with Gasteiger partial charge in [0, 0.05) is 31.3 Å². The summed E-state index contributed by atoms with van der Waals surface area (Å²) in [7, 11) is 1.89. The molecule has 1 unspecified atom stereocenters. The average Bonchev–Trinajstić information content (AvgIpc) is 2.80. The van der Waals surface area contributed by atoms with Gasteiger partial charge in [0.25, 0.3) is 0 Å². The molecule has 1 saturated carbocycles. The van der Waals surface area contributed by atoms with Gasteiger partial charge in [-0.3, -0.25) is 9.89 Å². The van der Waals surface area contributed by atoms with Gasteiger partial charge in [-0.05, 0) is 18.3 Å². The van der Waals surface area contributed by atoms with E-state index in [-0.39, 0.29) is 17.2 Å². The number of aromatic nitrogens is 2. The van der Waals surface area contributed by atoms with Crippen LogP contribution >= 0.6 is 0 Å². The fraction of sp³-hybridized carbons (Fsp3) is 0.714. The summed E-state index contributed by atoms with van der Waals surface area (Å²) < 4.78 is 0. The van der Waals surface area contributed by atoms with Crippen molar-refractivity contribution in [2.24, 2.45) is 11.3 Å². The summed E-state index contributed by atoms with van der Waals surface area (Å²) in [5, 5.41) is 6.69. The van der Waals surface area contributed by atoms with E-state index < -0.39 is 0 Å². The minimum Gasteiger partial charge on any atom is -0.341 e. The van der Waals surface area contributed by atoms with Crippen molar-refractivity contribution in [2.45, 2.75) is 46.1 Å². The molecule has 18 heavy (non-hydrogen) atoms.